The summed E-state index contributed by atoms with van der Waals surface area (Å²) in [4.78, 5) is 4.79. The van der Waals surface area contributed by atoms with Crippen LogP contribution in [0.1, 0.15) is 78.4 Å². The van der Waals surface area contributed by atoms with Crippen LogP contribution in [0, 0.1) is 10.8 Å². The summed E-state index contributed by atoms with van der Waals surface area (Å²) in [5.41, 5.74) is 2.26. The van der Waals surface area contributed by atoms with Gasteiger partial charge in [-0.3, -0.25) is 0 Å². The molecule has 0 radical (unpaired) electrons. The van der Waals surface area contributed by atoms with Crippen LogP contribution in [0.25, 0.3) is 0 Å². The van der Waals surface area contributed by atoms with Gasteiger partial charge in [0, 0.05) is 23.4 Å². The molecule has 0 bridgehead atoms. The van der Waals surface area contributed by atoms with Gasteiger partial charge in [0.2, 0.25) is 0 Å². The predicted molar refractivity (Wildman–Crippen MR) is 92.9 cm³/mol. The van der Waals surface area contributed by atoms with Gasteiger partial charge in [-0.15, -0.1) is 11.3 Å². The molecule has 120 valence electrons. The molecule has 1 heterocycles. The second kappa shape index (κ2) is 5.66. The van der Waals surface area contributed by atoms with Crippen molar-refractivity contribution in [2.75, 3.05) is 0 Å². The van der Waals surface area contributed by atoms with Crippen molar-refractivity contribution in [3.63, 3.8) is 0 Å². The largest absolute Gasteiger partial charge is 0.308 e. The van der Waals surface area contributed by atoms with Crippen molar-refractivity contribution < 1.29 is 0 Å². The van der Waals surface area contributed by atoms with Gasteiger partial charge in [-0.25, -0.2) is 4.98 Å². The van der Waals surface area contributed by atoms with E-state index in [1.165, 1.54) is 30.0 Å². The minimum Gasteiger partial charge on any atom is -0.308 e. The Balaban J connectivity index is 1.95. The standard InChI is InChI=1S/C18H32N2S/c1-16(2,3)14-11-21-15(20-14)10-19-13-8-17(4,5)12-18(6,7)9-13/h11,13,19H,8-10,12H2,1-7H3. The number of rotatable bonds is 3. The maximum Gasteiger partial charge on any atom is 0.107 e. The summed E-state index contributed by atoms with van der Waals surface area (Å²) >= 11 is 1.79. The van der Waals surface area contributed by atoms with E-state index in [1.807, 2.05) is 0 Å². The molecule has 2 nitrogen and oxygen atoms in total. The predicted octanol–water partition coefficient (Wildman–Crippen LogP) is 5.14. The van der Waals surface area contributed by atoms with E-state index in [2.05, 4.69) is 59.2 Å². The first-order chi connectivity index (χ1) is 9.47. The van der Waals surface area contributed by atoms with Crippen LogP contribution in [-0.4, -0.2) is 11.0 Å². The summed E-state index contributed by atoms with van der Waals surface area (Å²) < 4.78 is 0. The molecule has 21 heavy (non-hydrogen) atoms. The van der Waals surface area contributed by atoms with Gasteiger partial charge in [0.15, 0.2) is 0 Å². The molecule has 0 aliphatic heterocycles. The van der Waals surface area contributed by atoms with E-state index in [0.717, 1.165) is 6.54 Å². The molecule has 0 saturated heterocycles. The average molecular weight is 309 g/mol. The second-order valence-electron chi connectivity index (χ2n) is 9.37. The Morgan fingerprint density at radius 3 is 2.24 bits per heavy atom. The molecular formula is C18H32N2S. The van der Waals surface area contributed by atoms with Gasteiger partial charge in [0.25, 0.3) is 0 Å². The lowest BCUT2D eigenvalue weighted by molar-refractivity contribution is 0.0844. The average Bonchev–Trinajstić information content (AvgIpc) is 2.69. The van der Waals surface area contributed by atoms with Crippen LogP contribution in [-0.2, 0) is 12.0 Å². The molecule has 0 spiro atoms. The summed E-state index contributed by atoms with van der Waals surface area (Å²) in [6.45, 7) is 17.2. The van der Waals surface area contributed by atoms with E-state index in [0.29, 0.717) is 16.9 Å². The van der Waals surface area contributed by atoms with Gasteiger partial charge in [0.05, 0.1) is 5.69 Å². The Kier molecular flexibility index (Phi) is 4.57. The van der Waals surface area contributed by atoms with Crippen molar-refractivity contribution in [1.29, 1.82) is 0 Å². The van der Waals surface area contributed by atoms with Crippen molar-refractivity contribution in [2.24, 2.45) is 10.8 Å². The molecule has 1 saturated carbocycles. The minimum atomic E-state index is 0.156. The number of hydrogen-bond donors (Lipinski definition) is 1. The van der Waals surface area contributed by atoms with Crippen LogP contribution < -0.4 is 5.32 Å². The van der Waals surface area contributed by atoms with E-state index in [1.54, 1.807) is 11.3 Å². The maximum atomic E-state index is 4.79. The van der Waals surface area contributed by atoms with E-state index in [9.17, 15) is 0 Å². The lowest BCUT2D eigenvalue weighted by Crippen LogP contribution is -2.43. The topological polar surface area (TPSA) is 24.9 Å². The van der Waals surface area contributed by atoms with Crippen LogP contribution in [0.15, 0.2) is 5.38 Å². The molecule has 3 heteroatoms. The Morgan fingerprint density at radius 2 is 1.76 bits per heavy atom. The van der Waals surface area contributed by atoms with Gasteiger partial charge >= 0.3 is 0 Å². The van der Waals surface area contributed by atoms with Crippen molar-refractivity contribution in [3.05, 3.63) is 16.1 Å². The SMILES string of the molecule is CC1(C)CC(NCc2nc(C(C)(C)C)cs2)CC(C)(C)C1. The number of nitrogens with one attached hydrogen (secondary N) is 1. The van der Waals surface area contributed by atoms with E-state index in [-0.39, 0.29) is 5.41 Å². The molecule has 1 fully saturated rings. The summed E-state index contributed by atoms with van der Waals surface area (Å²) in [6.07, 6.45) is 3.87. The zero-order valence-corrected chi connectivity index (χ0v) is 15.7. The Hall–Kier alpha value is -0.410. The number of hydrogen-bond acceptors (Lipinski definition) is 3. The molecule has 1 N–H and O–H groups in total. The van der Waals surface area contributed by atoms with Gasteiger partial charge in [-0.1, -0.05) is 48.5 Å². The zero-order chi connectivity index (χ0) is 15.9. The maximum absolute atomic E-state index is 4.79. The third-order valence-corrected chi connectivity index (χ3v) is 5.27. The highest BCUT2D eigenvalue weighted by Gasteiger charge is 2.38. The fourth-order valence-corrected chi connectivity index (χ4v) is 4.93. The highest BCUT2D eigenvalue weighted by Crippen LogP contribution is 2.45. The summed E-state index contributed by atoms with van der Waals surface area (Å²) in [5, 5.41) is 7.20. The highest BCUT2D eigenvalue weighted by molar-refractivity contribution is 7.09. The third-order valence-electron chi connectivity index (χ3n) is 4.42. The number of nitrogens with zero attached hydrogens (tertiary/aromatic N) is 1. The number of aromatic nitrogens is 1. The first kappa shape index (κ1) is 17.0. The van der Waals surface area contributed by atoms with Crippen molar-refractivity contribution >= 4 is 11.3 Å². The number of thiazole rings is 1. The van der Waals surface area contributed by atoms with Crippen LogP contribution in [0.5, 0.6) is 0 Å². The van der Waals surface area contributed by atoms with Gasteiger partial charge in [-0.05, 0) is 30.1 Å². The smallest absolute Gasteiger partial charge is 0.107 e. The summed E-state index contributed by atoms with van der Waals surface area (Å²) in [6, 6.07) is 0.616. The second-order valence-corrected chi connectivity index (χ2v) is 10.3. The molecule has 1 aromatic heterocycles. The van der Waals surface area contributed by atoms with Gasteiger partial charge < -0.3 is 5.32 Å². The zero-order valence-electron chi connectivity index (χ0n) is 14.8. The Morgan fingerprint density at radius 1 is 1.19 bits per heavy atom. The fourth-order valence-electron chi connectivity index (χ4n) is 3.96. The molecule has 1 aliphatic carbocycles. The third kappa shape index (κ3) is 4.79. The Labute approximate surface area is 134 Å². The summed E-state index contributed by atoms with van der Waals surface area (Å²) in [5.74, 6) is 0. The van der Waals surface area contributed by atoms with Crippen molar-refractivity contribution in [2.45, 2.75) is 85.7 Å². The van der Waals surface area contributed by atoms with Crippen LogP contribution >= 0.6 is 11.3 Å². The van der Waals surface area contributed by atoms with Crippen molar-refractivity contribution in [1.82, 2.24) is 10.3 Å². The molecule has 0 atom stereocenters. The quantitative estimate of drug-likeness (QED) is 0.836. The van der Waals surface area contributed by atoms with Gasteiger partial charge in [0.1, 0.15) is 5.01 Å². The highest BCUT2D eigenvalue weighted by atomic mass is 32.1. The molecule has 1 aliphatic rings. The lowest BCUT2D eigenvalue weighted by atomic mass is 9.63. The van der Waals surface area contributed by atoms with E-state index in [4.69, 9.17) is 4.98 Å². The minimum absolute atomic E-state index is 0.156. The molecule has 0 amide bonds. The van der Waals surface area contributed by atoms with E-state index >= 15 is 0 Å². The van der Waals surface area contributed by atoms with Crippen LogP contribution in [0.3, 0.4) is 0 Å². The lowest BCUT2D eigenvalue weighted by Gasteiger charge is -2.45. The van der Waals surface area contributed by atoms with E-state index < -0.39 is 0 Å². The van der Waals surface area contributed by atoms with Crippen LogP contribution in [0.2, 0.25) is 0 Å². The summed E-state index contributed by atoms with van der Waals surface area (Å²) in [7, 11) is 0. The molecule has 2 rings (SSSR count). The monoisotopic (exact) mass is 308 g/mol. The van der Waals surface area contributed by atoms with Gasteiger partial charge in [-0.2, -0.15) is 0 Å². The first-order valence-corrected chi connectivity index (χ1v) is 9.03. The molecule has 0 aromatic carbocycles. The normalized spacial score (nSPS) is 22.4. The molecule has 0 unspecified atom stereocenters. The first-order valence-electron chi connectivity index (χ1n) is 8.15. The van der Waals surface area contributed by atoms with Crippen LogP contribution in [0.4, 0.5) is 0 Å². The molecular weight excluding hydrogens is 276 g/mol. The van der Waals surface area contributed by atoms with Crippen molar-refractivity contribution in [3.8, 4) is 0 Å². The Bertz CT molecular complexity index is 464. The fraction of sp³-hybridized carbons (Fsp3) is 0.833. The molecule has 1 aromatic rings.